The van der Waals surface area contributed by atoms with Crippen LogP contribution in [-0.4, -0.2) is 43.5 Å². The number of carbonyl (C=O) groups is 1. The molecule has 3 aromatic rings. The van der Waals surface area contributed by atoms with E-state index in [0.717, 1.165) is 22.8 Å². The summed E-state index contributed by atoms with van der Waals surface area (Å²) in [6.45, 7) is 4.88. The van der Waals surface area contributed by atoms with Gasteiger partial charge < -0.3 is 4.90 Å². The zero-order valence-electron chi connectivity index (χ0n) is 15.3. The Kier molecular flexibility index (Phi) is 4.60. The van der Waals surface area contributed by atoms with Gasteiger partial charge in [-0.3, -0.25) is 4.79 Å². The molecule has 0 bridgehead atoms. The highest BCUT2D eigenvalue weighted by Gasteiger charge is 2.36. The molecular weight excluding hydrogens is 391 g/mol. The molecule has 1 aliphatic heterocycles. The largest absolute Gasteiger partial charge is 0.433 e. The van der Waals surface area contributed by atoms with Gasteiger partial charge >= 0.3 is 6.18 Å². The van der Waals surface area contributed by atoms with E-state index in [0.29, 0.717) is 41.7 Å². The average molecular weight is 409 g/mol. The summed E-state index contributed by atoms with van der Waals surface area (Å²) in [6.07, 6.45) is -2.37. The highest BCUT2D eigenvalue weighted by atomic mass is 32.1. The number of thiophene rings is 1. The molecule has 148 valence electrons. The predicted molar refractivity (Wildman–Crippen MR) is 97.5 cm³/mol. The zero-order chi connectivity index (χ0) is 20.1. The minimum Gasteiger partial charge on any atom is -0.339 e. The summed E-state index contributed by atoms with van der Waals surface area (Å²) in [5.74, 6) is -0.234. The average Bonchev–Trinajstić information content (AvgIpc) is 3.26. The second-order valence-electron chi connectivity index (χ2n) is 6.93. The first-order valence-corrected chi connectivity index (χ1v) is 9.75. The first kappa shape index (κ1) is 18.9. The van der Waals surface area contributed by atoms with Crippen LogP contribution >= 0.6 is 11.3 Å². The van der Waals surface area contributed by atoms with Crippen molar-refractivity contribution in [3.63, 3.8) is 0 Å². The van der Waals surface area contributed by atoms with Gasteiger partial charge in [0.1, 0.15) is 6.33 Å². The number of aromatic nitrogens is 4. The lowest BCUT2D eigenvalue weighted by Crippen LogP contribution is -2.38. The molecule has 4 heterocycles. The normalized spacial score (nSPS) is 16.1. The number of aryl methyl sites for hydroxylation is 1. The Morgan fingerprint density at radius 2 is 1.96 bits per heavy atom. The highest BCUT2D eigenvalue weighted by Crippen LogP contribution is 2.34. The van der Waals surface area contributed by atoms with Crippen LogP contribution in [0.1, 0.15) is 50.9 Å². The Labute approximate surface area is 163 Å². The summed E-state index contributed by atoms with van der Waals surface area (Å²) in [5, 5.41) is 5.49. The number of carbonyl (C=O) groups excluding carboxylic acids is 1. The van der Waals surface area contributed by atoms with Crippen molar-refractivity contribution >= 4 is 23.0 Å². The lowest BCUT2D eigenvalue weighted by Gasteiger charge is -2.32. The van der Waals surface area contributed by atoms with Gasteiger partial charge in [-0.25, -0.2) is 4.98 Å². The van der Waals surface area contributed by atoms with E-state index in [1.165, 1.54) is 0 Å². The molecule has 1 amide bonds. The summed E-state index contributed by atoms with van der Waals surface area (Å²) in [4.78, 5) is 23.7. The SMILES string of the molecule is Cc1scc(C(=O)N2CCC(c3cc(C(F)(F)F)n4ncnc4n3)CC2)c1C. The predicted octanol–water partition coefficient (Wildman–Crippen LogP) is 3.84. The van der Waals surface area contributed by atoms with Gasteiger partial charge in [0.15, 0.2) is 5.69 Å². The maximum Gasteiger partial charge on any atom is 0.433 e. The molecule has 0 atom stereocenters. The molecule has 6 nitrogen and oxygen atoms in total. The van der Waals surface area contributed by atoms with Crippen molar-refractivity contribution in [3.05, 3.63) is 45.2 Å². The lowest BCUT2D eigenvalue weighted by atomic mass is 9.92. The third kappa shape index (κ3) is 3.25. The van der Waals surface area contributed by atoms with Gasteiger partial charge in [0.25, 0.3) is 11.7 Å². The van der Waals surface area contributed by atoms with Gasteiger partial charge in [0, 0.05) is 35.0 Å². The molecule has 0 N–H and O–H groups in total. The van der Waals surface area contributed by atoms with E-state index < -0.39 is 11.9 Å². The van der Waals surface area contributed by atoms with Crippen LogP contribution in [0.3, 0.4) is 0 Å². The van der Waals surface area contributed by atoms with Crippen LogP contribution in [0.15, 0.2) is 17.8 Å². The maximum absolute atomic E-state index is 13.4. The van der Waals surface area contributed by atoms with Crippen molar-refractivity contribution in [2.75, 3.05) is 13.1 Å². The molecule has 3 aromatic heterocycles. The Balaban J connectivity index is 1.54. The van der Waals surface area contributed by atoms with Crippen molar-refractivity contribution in [1.29, 1.82) is 0 Å². The molecule has 1 saturated heterocycles. The van der Waals surface area contributed by atoms with Crippen molar-refractivity contribution < 1.29 is 18.0 Å². The van der Waals surface area contributed by atoms with E-state index in [1.54, 1.807) is 16.2 Å². The van der Waals surface area contributed by atoms with Crippen molar-refractivity contribution in [1.82, 2.24) is 24.5 Å². The number of alkyl halides is 3. The number of fused-ring (bicyclic) bond motifs is 1. The van der Waals surface area contributed by atoms with Gasteiger partial charge in [-0.2, -0.15) is 27.8 Å². The van der Waals surface area contributed by atoms with E-state index >= 15 is 0 Å². The zero-order valence-corrected chi connectivity index (χ0v) is 16.1. The molecule has 4 rings (SSSR count). The molecule has 0 aromatic carbocycles. The Bertz CT molecular complexity index is 1030. The molecule has 0 aliphatic carbocycles. The van der Waals surface area contributed by atoms with Gasteiger partial charge in [-0.15, -0.1) is 11.3 Å². The minimum atomic E-state index is -4.55. The molecule has 0 spiro atoms. The van der Waals surface area contributed by atoms with Crippen molar-refractivity contribution in [3.8, 4) is 0 Å². The number of likely N-dealkylation sites (tertiary alicyclic amines) is 1. The van der Waals surface area contributed by atoms with Crippen LogP contribution in [0.5, 0.6) is 0 Å². The van der Waals surface area contributed by atoms with Gasteiger partial charge in [-0.1, -0.05) is 0 Å². The summed E-state index contributed by atoms with van der Waals surface area (Å²) >= 11 is 1.55. The smallest absolute Gasteiger partial charge is 0.339 e. The van der Waals surface area contributed by atoms with E-state index in [4.69, 9.17) is 0 Å². The van der Waals surface area contributed by atoms with E-state index in [1.807, 2.05) is 19.2 Å². The van der Waals surface area contributed by atoms with Crippen molar-refractivity contribution in [2.24, 2.45) is 0 Å². The molecule has 0 saturated carbocycles. The molecule has 1 aliphatic rings. The second kappa shape index (κ2) is 6.84. The summed E-state index contributed by atoms with van der Waals surface area (Å²) in [6, 6.07) is 1.05. The number of hydrogen-bond donors (Lipinski definition) is 0. The molecule has 10 heteroatoms. The Morgan fingerprint density at radius 3 is 2.57 bits per heavy atom. The standard InChI is InChI=1S/C18H18F3N5OS/c1-10-11(2)28-8-13(10)16(27)25-5-3-12(4-6-25)14-7-15(18(19,20)21)26-17(24-14)22-9-23-26/h7-9,12H,3-6H2,1-2H3. The fraction of sp³-hybridized carbons (Fsp3) is 0.444. The van der Waals surface area contributed by atoms with E-state index in [-0.39, 0.29) is 17.6 Å². The number of rotatable bonds is 2. The highest BCUT2D eigenvalue weighted by molar-refractivity contribution is 7.10. The minimum absolute atomic E-state index is 0.0165. The quantitative estimate of drug-likeness (QED) is 0.645. The van der Waals surface area contributed by atoms with Crippen LogP contribution < -0.4 is 0 Å². The fourth-order valence-electron chi connectivity index (χ4n) is 3.51. The van der Waals surface area contributed by atoms with Crippen molar-refractivity contribution in [2.45, 2.75) is 38.8 Å². The van der Waals surface area contributed by atoms with Gasteiger partial charge in [0.2, 0.25) is 0 Å². The molecule has 28 heavy (non-hydrogen) atoms. The van der Waals surface area contributed by atoms with Crippen LogP contribution in [0.25, 0.3) is 5.78 Å². The van der Waals surface area contributed by atoms with Crippen LogP contribution in [0, 0.1) is 13.8 Å². The van der Waals surface area contributed by atoms with Gasteiger partial charge in [-0.05, 0) is 38.3 Å². The number of nitrogens with zero attached hydrogens (tertiary/aromatic N) is 5. The number of piperidine rings is 1. The molecule has 0 radical (unpaired) electrons. The number of halogens is 3. The fourth-order valence-corrected chi connectivity index (χ4v) is 4.37. The third-order valence-corrected chi connectivity index (χ3v) is 6.29. The maximum atomic E-state index is 13.4. The summed E-state index contributed by atoms with van der Waals surface area (Å²) in [7, 11) is 0. The molecule has 0 unspecified atom stereocenters. The molecular formula is C18H18F3N5OS. The van der Waals surface area contributed by atoms with E-state index in [9.17, 15) is 18.0 Å². The number of amides is 1. The first-order valence-electron chi connectivity index (χ1n) is 8.87. The second-order valence-corrected chi connectivity index (χ2v) is 8.02. The first-order chi connectivity index (χ1) is 13.3. The third-order valence-electron chi connectivity index (χ3n) is 5.28. The summed E-state index contributed by atoms with van der Waals surface area (Å²) < 4.78 is 40.8. The topological polar surface area (TPSA) is 63.4 Å². The number of hydrogen-bond acceptors (Lipinski definition) is 5. The summed E-state index contributed by atoms with van der Waals surface area (Å²) in [5.41, 5.74) is 1.17. The lowest BCUT2D eigenvalue weighted by molar-refractivity contribution is -0.142. The molecule has 1 fully saturated rings. The Hall–Kier alpha value is -2.49. The monoisotopic (exact) mass is 409 g/mol. The van der Waals surface area contributed by atoms with Gasteiger partial charge in [0.05, 0.1) is 5.56 Å². The van der Waals surface area contributed by atoms with Crippen LogP contribution in [0.4, 0.5) is 13.2 Å². The van der Waals surface area contributed by atoms with Crippen LogP contribution in [0.2, 0.25) is 0 Å². The Morgan fingerprint density at radius 1 is 1.25 bits per heavy atom. The van der Waals surface area contributed by atoms with E-state index in [2.05, 4.69) is 15.1 Å². The van der Waals surface area contributed by atoms with Crippen LogP contribution in [-0.2, 0) is 6.18 Å².